The molecule has 0 atom stereocenters. The van der Waals surface area contributed by atoms with Gasteiger partial charge in [0.25, 0.3) is 5.91 Å². The summed E-state index contributed by atoms with van der Waals surface area (Å²) in [6, 6.07) is 1.94. The summed E-state index contributed by atoms with van der Waals surface area (Å²) in [5.74, 6) is 1.32. The molecule has 8 nitrogen and oxygen atoms in total. The molecule has 4 rings (SSSR count). The van der Waals surface area contributed by atoms with Gasteiger partial charge in [-0.25, -0.2) is 9.97 Å². The summed E-state index contributed by atoms with van der Waals surface area (Å²) in [5.41, 5.74) is 1.18. The Balaban J connectivity index is 1.39. The number of halogens is 1. The van der Waals surface area contributed by atoms with Crippen molar-refractivity contribution in [1.29, 1.82) is 0 Å². The molecule has 2 aromatic heterocycles. The molecule has 2 aliphatic rings. The summed E-state index contributed by atoms with van der Waals surface area (Å²) in [4.78, 5) is 27.9. The van der Waals surface area contributed by atoms with Crippen LogP contribution in [0.5, 0.6) is 0 Å². The number of hydrogen-bond donors (Lipinski definition) is 0. The minimum Gasteiger partial charge on any atom is -0.360 e. The van der Waals surface area contributed by atoms with Crippen molar-refractivity contribution in [3.05, 3.63) is 34.4 Å². The van der Waals surface area contributed by atoms with Crippen LogP contribution < -0.4 is 4.90 Å². The van der Waals surface area contributed by atoms with E-state index < -0.39 is 0 Å². The molecule has 0 spiro atoms. The van der Waals surface area contributed by atoms with Crippen molar-refractivity contribution in [2.45, 2.75) is 26.3 Å². The average molecular weight is 391 g/mol. The third-order valence-corrected chi connectivity index (χ3v) is 5.32. The lowest BCUT2D eigenvalue weighted by molar-refractivity contribution is 0.0612. The zero-order chi connectivity index (χ0) is 18.8. The molecule has 2 aliphatic heterocycles. The maximum Gasteiger partial charge on any atom is 0.274 e. The number of piperazine rings is 1. The van der Waals surface area contributed by atoms with Crippen molar-refractivity contribution in [3.63, 3.8) is 0 Å². The van der Waals surface area contributed by atoms with Crippen LogP contribution in [0.25, 0.3) is 0 Å². The number of rotatable bonds is 4. The van der Waals surface area contributed by atoms with Gasteiger partial charge >= 0.3 is 0 Å². The quantitative estimate of drug-likeness (QED) is 0.789. The van der Waals surface area contributed by atoms with E-state index in [1.54, 1.807) is 0 Å². The summed E-state index contributed by atoms with van der Waals surface area (Å²) in [6.45, 7) is 7.27. The SMILES string of the molecule is Cc1cc(CN2CCN(C(=O)c3nc(N4CCCC4)ncc3Cl)CC2)on1. The van der Waals surface area contributed by atoms with Gasteiger partial charge in [-0.2, -0.15) is 0 Å². The molecule has 0 N–H and O–H groups in total. The number of nitrogens with zero attached hydrogens (tertiary/aromatic N) is 6. The van der Waals surface area contributed by atoms with E-state index >= 15 is 0 Å². The summed E-state index contributed by atoms with van der Waals surface area (Å²) in [6.07, 6.45) is 3.79. The van der Waals surface area contributed by atoms with Gasteiger partial charge in [0.15, 0.2) is 11.5 Å². The van der Waals surface area contributed by atoms with Gasteiger partial charge < -0.3 is 14.3 Å². The van der Waals surface area contributed by atoms with Gasteiger partial charge in [0.1, 0.15) is 0 Å². The summed E-state index contributed by atoms with van der Waals surface area (Å²) in [5, 5.41) is 4.22. The van der Waals surface area contributed by atoms with E-state index in [1.165, 1.54) is 6.20 Å². The second kappa shape index (κ2) is 7.82. The number of aromatic nitrogens is 3. The number of carbonyl (C=O) groups is 1. The predicted octanol–water partition coefficient (Wildman–Crippen LogP) is 1.98. The van der Waals surface area contributed by atoms with Gasteiger partial charge in [0, 0.05) is 45.3 Å². The van der Waals surface area contributed by atoms with Crippen LogP contribution in [-0.2, 0) is 6.54 Å². The molecule has 2 aromatic rings. The Morgan fingerprint density at radius 3 is 2.59 bits per heavy atom. The van der Waals surface area contributed by atoms with Crippen molar-refractivity contribution < 1.29 is 9.32 Å². The van der Waals surface area contributed by atoms with Crippen molar-refractivity contribution >= 4 is 23.5 Å². The molecule has 1 amide bonds. The van der Waals surface area contributed by atoms with E-state index in [1.807, 2.05) is 17.9 Å². The molecule has 2 fully saturated rings. The van der Waals surface area contributed by atoms with E-state index in [0.29, 0.717) is 36.3 Å². The van der Waals surface area contributed by atoms with Crippen LogP contribution in [0.15, 0.2) is 16.8 Å². The number of carbonyl (C=O) groups excluding carboxylic acids is 1. The van der Waals surface area contributed by atoms with Gasteiger partial charge in [-0.1, -0.05) is 16.8 Å². The Hall–Kier alpha value is -2.19. The third-order valence-electron chi connectivity index (χ3n) is 5.04. The van der Waals surface area contributed by atoms with Crippen LogP contribution in [0.2, 0.25) is 5.02 Å². The topological polar surface area (TPSA) is 78.6 Å². The van der Waals surface area contributed by atoms with E-state index in [0.717, 1.165) is 50.5 Å². The van der Waals surface area contributed by atoms with Crippen molar-refractivity contribution in [1.82, 2.24) is 24.9 Å². The molecule has 27 heavy (non-hydrogen) atoms. The van der Waals surface area contributed by atoms with Crippen molar-refractivity contribution in [2.24, 2.45) is 0 Å². The standard InChI is InChI=1S/C18H23ClN6O2/c1-13-10-14(27-22-13)12-23-6-8-24(9-7-23)17(26)16-15(19)11-20-18(21-16)25-4-2-3-5-25/h10-11H,2-9,12H2,1H3. The van der Waals surface area contributed by atoms with Gasteiger partial charge in [-0.15, -0.1) is 0 Å². The molecular formula is C18H23ClN6O2. The zero-order valence-electron chi connectivity index (χ0n) is 15.4. The van der Waals surface area contributed by atoms with Crippen LogP contribution in [0.3, 0.4) is 0 Å². The molecule has 0 bridgehead atoms. The van der Waals surface area contributed by atoms with Crippen LogP contribution in [-0.4, -0.2) is 70.1 Å². The number of hydrogen-bond acceptors (Lipinski definition) is 7. The van der Waals surface area contributed by atoms with E-state index in [4.69, 9.17) is 16.1 Å². The van der Waals surface area contributed by atoms with Crippen molar-refractivity contribution in [2.75, 3.05) is 44.2 Å². The molecule has 9 heteroatoms. The molecular weight excluding hydrogens is 368 g/mol. The summed E-state index contributed by atoms with van der Waals surface area (Å²) in [7, 11) is 0. The Morgan fingerprint density at radius 1 is 1.19 bits per heavy atom. The first-order valence-corrected chi connectivity index (χ1v) is 9.69. The van der Waals surface area contributed by atoms with Crippen LogP contribution >= 0.6 is 11.6 Å². The zero-order valence-corrected chi connectivity index (χ0v) is 16.2. The lowest BCUT2D eigenvalue weighted by Crippen LogP contribution is -2.48. The Kier molecular flexibility index (Phi) is 5.27. The average Bonchev–Trinajstić information content (AvgIpc) is 3.34. The molecule has 2 saturated heterocycles. The summed E-state index contributed by atoms with van der Waals surface area (Å²) < 4.78 is 5.28. The van der Waals surface area contributed by atoms with Gasteiger partial charge in [-0.05, 0) is 19.8 Å². The molecule has 0 aliphatic carbocycles. The highest BCUT2D eigenvalue weighted by atomic mass is 35.5. The smallest absolute Gasteiger partial charge is 0.274 e. The first kappa shape index (κ1) is 18.2. The molecule has 0 unspecified atom stereocenters. The van der Waals surface area contributed by atoms with Gasteiger partial charge in [0.2, 0.25) is 5.95 Å². The maximum atomic E-state index is 12.9. The highest BCUT2D eigenvalue weighted by molar-refractivity contribution is 6.33. The van der Waals surface area contributed by atoms with Crippen LogP contribution in [0.4, 0.5) is 5.95 Å². The molecule has 4 heterocycles. The highest BCUT2D eigenvalue weighted by Crippen LogP contribution is 2.21. The normalized spacial score (nSPS) is 18.3. The van der Waals surface area contributed by atoms with Gasteiger partial charge in [-0.3, -0.25) is 9.69 Å². The monoisotopic (exact) mass is 390 g/mol. The molecule has 0 aromatic carbocycles. The lowest BCUT2D eigenvalue weighted by Gasteiger charge is -2.34. The fourth-order valence-corrected chi connectivity index (χ4v) is 3.72. The fourth-order valence-electron chi connectivity index (χ4n) is 3.55. The second-order valence-electron chi connectivity index (χ2n) is 7.06. The molecule has 0 saturated carbocycles. The second-order valence-corrected chi connectivity index (χ2v) is 7.47. The van der Waals surface area contributed by atoms with E-state index in [2.05, 4.69) is 24.9 Å². The number of aryl methyl sites for hydroxylation is 1. The minimum atomic E-state index is -0.127. The Labute approximate surface area is 163 Å². The molecule has 144 valence electrons. The summed E-state index contributed by atoms with van der Waals surface area (Å²) >= 11 is 6.23. The predicted molar refractivity (Wildman–Crippen MR) is 101 cm³/mol. The van der Waals surface area contributed by atoms with Crippen LogP contribution in [0, 0.1) is 6.92 Å². The van der Waals surface area contributed by atoms with Gasteiger partial charge in [0.05, 0.1) is 23.5 Å². The maximum absolute atomic E-state index is 12.9. The first-order chi connectivity index (χ1) is 13.1. The minimum absolute atomic E-state index is 0.127. The fraction of sp³-hybridized carbons (Fsp3) is 0.556. The van der Waals surface area contributed by atoms with E-state index in [9.17, 15) is 4.79 Å². The third kappa shape index (κ3) is 4.06. The molecule has 0 radical (unpaired) electrons. The lowest BCUT2D eigenvalue weighted by atomic mass is 10.2. The highest BCUT2D eigenvalue weighted by Gasteiger charge is 2.27. The number of amides is 1. The van der Waals surface area contributed by atoms with E-state index in [-0.39, 0.29) is 5.91 Å². The Bertz CT molecular complexity index is 812. The Morgan fingerprint density at radius 2 is 1.93 bits per heavy atom. The number of anilines is 1. The van der Waals surface area contributed by atoms with Crippen LogP contribution in [0.1, 0.15) is 34.8 Å². The first-order valence-electron chi connectivity index (χ1n) is 9.31. The largest absolute Gasteiger partial charge is 0.360 e. The van der Waals surface area contributed by atoms with Crippen molar-refractivity contribution in [3.8, 4) is 0 Å².